The van der Waals surface area contributed by atoms with E-state index >= 15 is 0 Å². The van der Waals surface area contributed by atoms with Crippen molar-refractivity contribution in [2.45, 2.75) is 25.3 Å². The lowest BCUT2D eigenvalue weighted by Crippen LogP contribution is -2.40. The lowest BCUT2D eigenvalue weighted by Gasteiger charge is -2.23. The van der Waals surface area contributed by atoms with E-state index in [4.69, 9.17) is 9.47 Å². The molecule has 0 saturated carbocycles. The number of urea groups is 1. The second-order valence-corrected chi connectivity index (χ2v) is 8.09. The number of ether oxygens (including phenoxy) is 3. The maximum Gasteiger partial charge on any atom is 0.573 e. The number of amides is 2. The summed E-state index contributed by atoms with van der Waals surface area (Å²) in [6.45, 7) is 0.893. The number of aromatic nitrogens is 1. The SMILES string of the molecule is COc1ccc(NC(=O)N(CC2CCCO2)c2nc3ccc(OC(F)(F)F)cc3s2)cc1. The number of anilines is 2. The minimum atomic E-state index is -4.79. The van der Waals surface area contributed by atoms with Gasteiger partial charge in [-0.15, -0.1) is 13.2 Å². The van der Waals surface area contributed by atoms with Crippen molar-refractivity contribution in [1.82, 2.24) is 4.98 Å². The summed E-state index contributed by atoms with van der Waals surface area (Å²) in [6, 6.07) is 10.3. The average molecular weight is 467 g/mol. The van der Waals surface area contributed by atoms with Crippen LogP contribution in [0.1, 0.15) is 12.8 Å². The lowest BCUT2D eigenvalue weighted by atomic mass is 10.2. The van der Waals surface area contributed by atoms with E-state index < -0.39 is 12.4 Å². The Bertz CT molecular complexity index is 1080. The first-order valence-electron chi connectivity index (χ1n) is 9.81. The molecule has 1 unspecified atom stereocenters. The number of nitrogens with zero attached hydrogens (tertiary/aromatic N) is 2. The van der Waals surface area contributed by atoms with Crippen LogP contribution in [0.25, 0.3) is 10.2 Å². The van der Waals surface area contributed by atoms with Crippen LogP contribution < -0.4 is 19.7 Å². The van der Waals surface area contributed by atoms with Gasteiger partial charge in [-0.2, -0.15) is 0 Å². The highest BCUT2D eigenvalue weighted by molar-refractivity contribution is 7.22. The fourth-order valence-electron chi connectivity index (χ4n) is 3.31. The van der Waals surface area contributed by atoms with Gasteiger partial charge in [0.15, 0.2) is 5.13 Å². The summed E-state index contributed by atoms with van der Waals surface area (Å²) in [6.07, 6.45) is -3.23. The number of halogens is 3. The number of hydrogen-bond donors (Lipinski definition) is 1. The summed E-state index contributed by atoms with van der Waals surface area (Å²) in [4.78, 5) is 19.0. The summed E-state index contributed by atoms with van der Waals surface area (Å²) < 4.78 is 52.9. The van der Waals surface area contributed by atoms with Crippen LogP contribution in [0.4, 0.5) is 28.8 Å². The number of carbonyl (C=O) groups excluding carboxylic acids is 1. The van der Waals surface area contributed by atoms with Crippen molar-refractivity contribution in [3.8, 4) is 11.5 Å². The Morgan fingerprint density at radius 3 is 2.66 bits per heavy atom. The van der Waals surface area contributed by atoms with Crippen LogP contribution in [-0.2, 0) is 4.74 Å². The number of nitrogens with one attached hydrogen (secondary N) is 1. The summed E-state index contributed by atoms with van der Waals surface area (Å²) in [5.41, 5.74) is 1.03. The first-order valence-corrected chi connectivity index (χ1v) is 10.6. The Labute approximate surface area is 185 Å². The second-order valence-electron chi connectivity index (χ2n) is 7.08. The highest BCUT2D eigenvalue weighted by atomic mass is 32.1. The molecule has 32 heavy (non-hydrogen) atoms. The Balaban J connectivity index is 1.59. The average Bonchev–Trinajstić information content (AvgIpc) is 3.40. The van der Waals surface area contributed by atoms with Gasteiger partial charge in [-0.3, -0.25) is 4.90 Å². The first kappa shape index (κ1) is 22.2. The normalized spacial score (nSPS) is 16.2. The summed E-state index contributed by atoms with van der Waals surface area (Å²) in [5.74, 6) is 0.316. The van der Waals surface area contributed by atoms with Crippen molar-refractivity contribution < 1.29 is 32.2 Å². The molecule has 11 heteroatoms. The van der Waals surface area contributed by atoms with E-state index in [-0.39, 0.29) is 18.4 Å². The number of alkyl halides is 3. The molecule has 1 fully saturated rings. The van der Waals surface area contributed by atoms with Crippen LogP contribution in [0.15, 0.2) is 42.5 Å². The third-order valence-electron chi connectivity index (χ3n) is 4.81. The van der Waals surface area contributed by atoms with Crippen molar-refractivity contribution in [3.63, 3.8) is 0 Å². The van der Waals surface area contributed by atoms with Gasteiger partial charge in [0.1, 0.15) is 11.5 Å². The molecule has 3 aromatic rings. The number of thiazole rings is 1. The molecule has 0 spiro atoms. The smallest absolute Gasteiger partial charge is 0.497 e. The van der Waals surface area contributed by atoms with Crippen LogP contribution in [0.5, 0.6) is 11.5 Å². The number of hydrogen-bond acceptors (Lipinski definition) is 6. The molecular weight excluding hydrogens is 447 g/mol. The minimum absolute atomic E-state index is 0.146. The predicted molar refractivity (Wildman–Crippen MR) is 115 cm³/mol. The van der Waals surface area contributed by atoms with E-state index in [2.05, 4.69) is 15.0 Å². The molecule has 0 radical (unpaired) electrons. The van der Waals surface area contributed by atoms with Crippen LogP contribution in [0, 0.1) is 0 Å². The van der Waals surface area contributed by atoms with Crippen molar-refractivity contribution in [1.29, 1.82) is 0 Å². The summed E-state index contributed by atoms with van der Waals surface area (Å²) in [5, 5.41) is 3.17. The molecule has 1 aliphatic rings. The van der Waals surface area contributed by atoms with Crippen LogP contribution in [-0.4, -0.2) is 43.7 Å². The Hall–Kier alpha value is -3.05. The van der Waals surface area contributed by atoms with Gasteiger partial charge < -0.3 is 19.5 Å². The fraction of sp³-hybridized carbons (Fsp3) is 0.333. The van der Waals surface area contributed by atoms with E-state index in [0.29, 0.717) is 33.4 Å². The van der Waals surface area contributed by atoms with Gasteiger partial charge in [0, 0.05) is 18.4 Å². The first-order chi connectivity index (χ1) is 15.3. The van der Waals surface area contributed by atoms with E-state index in [1.165, 1.54) is 23.1 Å². The van der Waals surface area contributed by atoms with Crippen molar-refractivity contribution >= 4 is 38.4 Å². The van der Waals surface area contributed by atoms with E-state index in [1.54, 1.807) is 31.4 Å². The third-order valence-corrected chi connectivity index (χ3v) is 5.85. The molecular formula is C21H20F3N3O4S. The van der Waals surface area contributed by atoms with Gasteiger partial charge in [-0.05, 0) is 49.2 Å². The maximum absolute atomic E-state index is 13.1. The number of fused-ring (bicyclic) bond motifs is 1. The van der Waals surface area contributed by atoms with Gasteiger partial charge in [0.05, 0.1) is 30.0 Å². The van der Waals surface area contributed by atoms with Gasteiger partial charge in [-0.25, -0.2) is 9.78 Å². The second kappa shape index (κ2) is 9.21. The number of carbonyl (C=O) groups is 1. The summed E-state index contributed by atoms with van der Waals surface area (Å²) >= 11 is 1.10. The number of benzene rings is 2. The Kier molecular flexibility index (Phi) is 6.38. The molecule has 7 nitrogen and oxygen atoms in total. The van der Waals surface area contributed by atoms with Gasteiger partial charge in [0.2, 0.25) is 0 Å². The molecule has 0 bridgehead atoms. The van der Waals surface area contributed by atoms with E-state index in [0.717, 1.165) is 24.2 Å². The molecule has 1 saturated heterocycles. The van der Waals surface area contributed by atoms with Crippen molar-refractivity contribution in [2.75, 3.05) is 30.5 Å². The topological polar surface area (TPSA) is 72.9 Å². The molecule has 170 valence electrons. The molecule has 1 N–H and O–H groups in total. The van der Waals surface area contributed by atoms with Crippen molar-refractivity contribution in [3.05, 3.63) is 42.5 Å². The fourth-order valence-corrected chi connectivity index (χ4v) is 4.31. The molecule has 2 heterocycles. The highest BCUT2D eigenvalue weighted by Crippen LogP contribution is 2.34. The van der Waals surface area contributed by atoms with Gasteiger partial charge in [0.25, 0.3) is 0 Å². The van der Waals surface area contributed by atoms with Crippen LogP contribution >= 0.6 is 11.3 Å². The number of methoxy groups -OCH3 is 1. The molecule has 4 rings (SSSR count). The molecule has 0 aliphatic carbocycles. The quantitative estimate of drug-likeness (QED) is 0.524. The molecule has 2 amide bonds. The monoisotopic (exact) mass is 467 g/mol. The van der Waals surface area contributed by atoms with Crippen molar-refractivity contribution in [2.24, 2.45) is 0 Å². The van der Waals surface area contributed by atoms with Crippen LogP contribution in [0.2, 0.25) is 0 Å². The molecule has 2 aromatic carbocycles. The molecule has 1 aliphatic heterocycles. The van der Waals surface area contributed by atoms with E-state index in [9.17, 15) is 18.0 Å². The zero-order chi connectivity index (χ0) is 22.7. The van der Waals surface area contributed by atoms with Crippen LogP contribution in [0.3, 0.4) is 0 Å². The number of rotatable bonds is 6. The zero-order valence-corrected chi connectivity index (χ0v) is 17.8. The predicted octanol–water partition coefficient (Wildman–Crippen LogP) is 5.42. The Morgan fingerprint density at radius 1 is 1.25 bits per heavy atom. The largest absolute Gasteiger partial charge is 0.573 e. The lowest BCUT2D eigenvalue weighted by molar-refractivity contribution is -0.274. The minimum Gasteiger partial charge on any atom is -0.497 e. The third kappa shape index (κ3) is 5.40. The standard InChI is InChI=1S/C21H20F3N3O4S/c1-29-14-6-4-13(5-7-14)25-19(28)27(12-16-3-2-10-30-16)20-26-17-9-8-15(11-18(17)32-20)31-21(22,23)24/h4-9,11,16H,2-3,10,12H2,1H3,(H,25,28). The maximum atomic E-state index is 13.1. The zero-order valence-electron chi connectivity index (χ0n) is 17.0. The Morgan fingerprint density at radius 2 is 2.00 bits per heavy atom. The van der Waals surface area contributed by atoms with Gasteiger partial charge >= 0.3 is 12.4 Å². The molecule has 1 atom stereocenters. The summed E-state index contributed by atoms with van der Waals surface area (Å²) in [7, 11) is 1.55. The van der Waals surface area contributed by atoms with E-state index in [1.807, 2.05) is 0 Å². The van der Waals surface area contributed by atoms with Gasteiger partial charge in [-0.1, -0.05) is 11.3 Å². The highest BCUT2D eigenvalue weighted by Gasteiger charge is 2.31. The molecule has 1 aromatic heterocycles.